The van der Waals surface area contributed by atoms with Gasteiger partial charge in [-0.05, 0) is 37.1 Å². The smallest absolute Gasteiger partial charge is 0.251 e. The van der Waals surface area contributed by atoms with E-state index in [2.05, 4.69) is 10.2 Å². The second-order valence-electron chi connectivity index (χ2n) is 6.45. The topological polar surface area (TPSA) is 50.8 Å². The van der Waals surface area contributed by atoms with E-state index in [1.54, 1.807) is 7.11 Å². The number of carbonyl (C=O) groups excluding carboxylic acids is 1. The van der Waals surface area contributed by atoms with Gasteiger partial charge in [-0.2, -0.15) is 0 Å². The second-order valence-corrected chi connectivity index (χ2v) is 6.45. The zero-order chi connectivity index (χ0) is 18.2. The summed E-state index contributed by atoms with van der Waals surface area (Å²) in [6, 6.07) is 17.3. The quantitative estimate of drug-likeness (QED) is 0.831. The number of likely N-dealkylation sites (tertiary alicyclic amines) is 1. The van der Waals surface area contributed by atoms with Gasteiger partial charge in [0.05, 0.1) is 7.11 Å². The number of nitrogens with one attached hydrogen (secondary N) is 1. The number of carbonyl (C=O) groups is 1. The molecule has 0 unspecified atom stereocenters. The third kappa shape index (κ3) is 4.99. The van der Waals surface area contributed by atoms with E-state index in [1.165, 1.54) is 0 Å². The first-order chi connectivity index (χ1) is 12.8. The summed E-state index contributed by atoms with van der Waals surface area (Å²) in [5.74, 6) is 1.55. The minimum atomic E-state index is 0.0172. The van der Waals surface area contributed by atoms with Gasteiger partial charge in [0.2, 0.25) is 0 Å². The Morgan fingerprint density at radius 1 is 1.04 bits per heavy atom. The highest BCUT2D eigenvalue weighted by Gasteiger charge is 2.21. The van der Waals surface area contributed by atoms with Gasteiger partial charge in [0.15, 0.2) is 11.5 Å². The predicted molar refractivity (Wildman–Crippen MR) is 102 cm³/mol. The molecule has 2 aromatic rings. The van der Waals surface area contributed by atoms with Gasteiger partial charge >= 0.3 is 0 Å². The van der Waals surface area contributed by atoms with Crippen molar-refractivity contribution in [2.75, 3.05) is 33.4 Å². The highest BCUT2D eigenvalue weighted by Crippen LogP contribution is 2.25. The highest BCUT2D eigenvalue weighted by molar-refractivity contribution is 5.94. The van der Waals surface area contributed by atoms with Crippen LogP contribution in [0.4, 0.5) is 0 Å². The molecule has 1 amide bonds. The fourth-order valence-corrected chi connectivity index (χ4v) is 3.18. The number of ether oxygens (including phenoxy) is 2. The standard InChI is InChI=1S/C21H26N2O3/c1-25-19-9-5-6-10-20(19)26-16-15-23-13-11-18(12-14-23)22-21(24)17-7-3-2-4-8-17/h2-10,18H,11-16H2,1H3,(H,22,24). The Bertz CT molecular complexity index is 697. The van der Waals surface area contributed by atoms with Crippen LogP contribution in [0.1, 0.15) is 23.2 Å². The van der Waals surface area contributed by atoms with Gasteiger partial charge in [0, 0.05) is 31.2 Å². The summed E-state index contributed by atoms with van der Waals surface area (Å²) >= 11 is 0. The first-order valence-corrected chi connectivity index (χ1v) is 9.10. The van der Waals surface area contributed by atoms with Crippen LogP contribution < -0.4 is 14.8 Å². The summed E-state index contributed by atoms with van der Waals surface area (Å²) in [4.78, 5) is 14.6. The Morgan fingerprint density at radius 2 is 1.69 bits per heavy atom. The highest BCUT2D eigenvalue weighted by atomic mass is 16.5. The Labute approximate surface area is 154 Å². The van der Waals surface area contributed by atoms with Crippen molar-refractivity contribution < 1.29 is 14.3 Å². The molecule has 1 heterocycles. The predicted octanol–water partition coefficient (Wildman–Crippen LogP) is 2.97. The van der Waals surface area contributed by atoms with Gasteiger partial charge in [-0.25, -0.2) is 0 Å². The maximum atomic E-state index is 12.2. The second kappa shape index (κ2) is 9.25. The van der Waals surface area contributed by atoms with E-state index in [-0.39, 0.29) is 11.9 Å². The van der Waals surface area contributed by atoms with Crippen LogP contribution in [0.15, 0.2) is 54.6 Å². The van der Waals surface area contributed by atoms with E-state index < -0.39 is 0 Å². The molecule has 0 saturated carbocycles. The number of para-hydroxylation sites is 2. The molecule has 1 N–H and O–H groups in total. The Kier molecular flexibility index (Phi) is 6.50. The summed E-state index contributed by atoms with van der Waals surface area (Å²) < 4.78 is 11.1. The molecule has 26 heavy (non-hydrogen) atoms. The summed E-state index contributed by atoms with van der Waals surface area (Å²) in [7, 11) is 1.65. The number of hydrogen-bond donors (Lipinski definition) is 1. The summed E-state index contributed by atoms with van der Waals surface area (Å²) in [5, 5.41) is 3.14. The maximum Gasteiger partial charge on any atom is 0.251 e. The van der Waals surface area contributed by atoms with Crippen molar-refractivity contribution in [3.63, 3.8) is 0 Å². The van der Waals surface area contributed by atoms with Gasteiger partial charge in [-0.15, -0.1) is 0 Å². The van der Waals surface area contributed by atoms with E-state index in [1.807, 2.05) is 54.6 Å². The lowest BCUT2D eigenvalue weighted by atomic mass is 10.0. The van der Waals surface area contributed by atoms with Crippen molar-refractivity contribution in [3.8, 4) is 11.5 Å². The fourth-order valence-electron chi connectivity index (χ4n) is 3.18. The average Bonchev–Trinajstić information content (AvgIpc) is 2.70. The molecule has 1 saturated heterocycles. The minimum Gasteiger partial charge on any atom is -0.493 e. The molecule has 0 aliphatic carbocycles. The largest absolute Gasteiger partial charge is 0.493 e. The van der Waals surface area contributed by atoms with Crippen LogP contribution in [0.3, 0.4) is 0 Å². The summed E-state index contributed by atoms with van der Waals surface area (Å²) in [5.41, 5.74) is 0.722. The van der Waals surface area contributed by atoms with Crippen molar-refractivity contribution in [2.45, 2.75) is 18.9 Å². The Hall–Kier alpha value is -2.53. The van der Waals surface area contributed by atoms with Crippen molar-refractivity contribution in [3.05, 3.63) is 60.2 Å². The van der Waals surface area contributed by atoms with Crippen molar-refractivity contribution in [1.29, 1.82) is 0 Å². The van der Waals surface area contributed by atoms with Crippen molar-refractivity contribution in [1.82, 2.24) is 10.2 Å². The van der Waals surface area contributed by atoms with Crippen LogP contribution in [-0.2, 0) is 0 Å². The number of nitrogens with zero attached hydrogens (tertiary/aromatic N) is 1. The number of amides is 1. The van der Waals surface area contributed by atoms with Crippen LogP contribution in [-0.4, -0.2) is 50.2 Å². The number of piperidine rings is 1. The molecule has 1 aliphatic heterocycles. The minimum absolute atomic E-state index is 0.0172. The number of methoxy groups -OCH3 is 1. The zero-order valence-corrected chi connectivity index (χ0v) is 15.2. The van der Waals surface area contributed by atoms with Gasteiger partial charge in [0.1, 0.15) is 6.61 Å². The monoisotopic (exact) mass is 354 g/mol. The van der Waals surface area contributed by atoms with Gasteiger partial charge < -0.3 is 14.8 Å². The molecule has 0 spiro atoms. The SMILES string of the molecule is COc1ccccc1OCCN1CCC(NC(=O)c2ccccc2)CC1. The zero-order valence-electron chi connectivity index (χ0n) is 15.2. The molecular weight excluding hydrogens is 328 g/mol. The maximum absolute atomic E-state index is 12.2. The molecule has 5 nitrogen and oxygen atoms in total. The van der Waals surface area contributed by atoms with E-state index in [0.29, 0.717) is 6.61 Å². The fraction of sp³-hybridized carbons (Fsp3) is 0.381. The average molecular weight is 354 g/mol. The van der Waals surface area contributed by atoms with Crippen molar-refractivity contribution >= 4 is 5.91 Å². The first kappa shape index (κ1) is 18.3. The lowest BCUT2D eigenvalue weighted by Gasteiger charge is -2.32. The molecule has 0 atom stereocenters. The van der Waals surface area contributed by atoms with E-state index in [9.17, 15) is 4.79 Å². The molecule has 0 bridgehead atoms. The van der Waals surface area contributed by atoms with Gasteiger partial charge in [-0.3, -0.25) is 9.69 Å². The first-order valence-electron chi connectivity index (χ1n) is 9.10. The van der Waals surface area contributed by atoms with E-state index in [4.69, 9.17) is 9.47 Å². The summed E-state index contributed by atoms with van der Waals surface area (Å²) in [6.45, 7) is 3.43. The molecule has 2 aromatic carbocycles. The number of benzene rings is 2. The normalized spacial score (nSPS) is 15.4. The molecule has 0 aromatic heterocycles. The van der Waals surface area contributed by atoms with Gasteiger partial charge in [-0.1, -0.05) is 30.3 Å². The lowest BCUT2D eigenvalue weighted by molar-refractivity contribution is 0.0905. The Balaban J connectivity index is 1.38. The summed E-state index contributed by atoms with van der Waals surface area (Å²) in [6.07, 6.45) is 1.93. The molecule has 0 radical (unpaired) electrons. The van der Waals surface area contributed by atoms with Crippen LogP contribution in [0.5, 0.6) is 11.5 Å². The van der Waals surface area contributed by atoms with Gasteiger partial charge in [0.25, 0.3) is 5.91 Å². The number of rotatable bonds is 7. The third-order valence-electron chi connectivity index (χ3n) is 4.69. The lowest BCUT2D eigenvalue weighted by Crippen LogP contribution is -2.45. The molecule has 138 valence electrons. The van der Waals surface area contributed by atoms with E-state index in [0.717, 1.165) is 49.5 Å². The third-order valence-corrected chi connectivity index (χ3v) is 4.69. The van der Waals surface area contributed by atoms with E-state index >= 15 is 0 Å². The molecule has 1 fully saturated rings. The molecular formula is C21H26N2O3. The van der Waals surface area contributed by atoms with Crippen LogP contribution in [0.2, 0.25) is 0 Å². The van der Waals surface area contributed by atoms with Crippen LogP contribution >= 0.6 is 0 Å². The van der Waals surface area contributed by atoms with Crippen LogP contribution in [0.25, 0.3) is 0 Å². The van der Waals surface area contributed by atoms with Crippen LogP contribution in [0, 0.1) is 0 Å². The Morgan fingerprint density at radius 3 is 2.38 bits per heavy atom. The van der Waals surface area contributed by atoms with Crippen molar-refractivity contribution in [2.24, 2.45) is 0 Å². The molecule has 1 aliphatic rings. The molecule has 3 rings (SSSR count). The number of hydrogen-bond acceptors (Lipinski definition) is 4. The molecule has 5 heteroatoms.